The van der Waals surface area contributed by atoms with Crippen molar-refractivity contribution < 1.29 is 9.53 Å². The predicted molar refractivity (Wildman–Crippen MR) is 124 cm³/mol. The average molecular weight is 512 g/mol. The van der Waals surface area contributed by atoms with Crippen molar-refractivity contribution in [1.29, 1.82) is 0 Å². The second kappa shape index (κ2) is 9.95. The zero-order valence-electron chi connectivity index (χ0n) is 17.1. The summed E-state index contributed by atoms with van der Waals surface area (Å²) < 4.78 is 7.23. The molecule has 2 heterocycles. The Labute approximate surface area is 188 Å². The Morgan fingerprint density at radius 3 is 2.31 bits per heavy atom. The summed E-state index contributed by atoms with van der Waals surface area (Å²) in [6, 6.07) is 9.95. The minimum Gasteiger partial charge on any atom is -0.444 e. The van der Waals surface area contributed by atoms with Crippen molar-refractivity contribution in [2.75, 3.05) is 26.2 Å². The molecule has 0 atom stereocenters. The molecule has 1 amide bonds. The lowest BCUT2D eigenvalue weighted by Crippen LogP contribution is -2.53. The van der Waals surface area contributed by atoms with Gasteiger partial charge in [-0.3, -0.25) is 0 Å². The highest BCUT2D eigenvalue weighted by Crippen LogP contribution is 2.12. The topological polar surface area (TPSA) is 89.0 Å². The lowest BCUT2D eigenvalue weighted by atomic mass is 10.2. The summed E-state index contributed by atoms with van der Waals surface area (Å²) in [6.45, 7) is 8.55. The number of hydrogen-bond donors (Lipinski definition) is 1. The molecular weight excluding hydrogens is 483 g/mol. The number of carbonyl (C=O) groups is 1. The fourth-order valence-corrected chi connectivity index (χ4v) is 2.89. The predicted octanol–water partition coefficient (Wildman–Crippen LogP) is 2.86. The first kappa shape index (κ1) is 23.0. The number of aliphatic imine (C=N–C) groups is 1. The molecule has 0 spiro atoms. The van der Waals surface area contributed by atoms with Crippen molar-refractivity contribution in [3.05, 3.63) is 48.3 Å². The van der Waals surface area contributed by atoms with Gasteiger partial charge in [0, 0.05) is 38.6 Å². The van der Waals surface area contributed by atoms with E-state index in [0.29, 0.717) is 38.7 Å². The second-order valence-electron chi connectivity index (χ2n) is 7.75. The van der Waals surface area contributed by atoms with Crippen LogP contribution in [0.15, 0.2) is 47.7 Å². The minimum atomic E-state index is -0.484. The van der Waals surface area contributed by atoms with Crippen LogP contribution in [-0.2, 0) is 11.3 Å². The van der Waals surface area contributed by atoms with E-state index in [0.717, 1.165) is 11.3 Å². The third-order valence-corrected chi connectivity index (χ3v) is 4.38. The number of guanidine groups is 1. The molecule has 0 saturated carbocycles. The quantitative estimate of drug-likeness (QED) is 0.388. The van der Waals surface area contributed by atoms with Crippen molar-refractivity contribution in [3.8, 4) is 5.69 Å². The molecule has 1 aliphatic heterocycles. The first-order valence-corrected chi connectivity index (χ1v) is 9.43. The number of amides is 1. The van der Waals surface area contributed by atoms with Crippen LogP contribution in [0.1, 0.15) is 26.3 Å². The molecule has 1 saturated heterocycles. The van der Waals surface area contributed by atoms with Crippen molar-refractivity contribution in [2.45, 2.75) is 32.9 Å². The molecule has 0 aliphatic carbocycles. The number of nitrogens with zero attached hydrogens (tertiary/aromatic N) is 5. The van der Waals surface area contributed by atoms with Crippen molar-refractivity contribution >= 4 is 36.0 Å². The molecule has 0 unspecified atom stereocenters. The zero-order valence-corrected chi connectivity index (χ0v) is 19.4. The van der Waals surface area contributed by atoms with Crippen LogP contribution in [0.25, 0.3) is 5.69 Å². The summed E-state index contributed by atoms with van der Waals surface area (Å²) in [5, 5.41) is 4.22. The molecule has 8 nitrogen and oxygen atoms in total. The molecule has 2 aromatic rings. The SMILES string of the molecule is CC(C)(C)OC(=O)N1CCN(C(N)=NCc2ccc(-n3cccn3)cc2)CC1.I. The Hall–Kier alpha value is -2.30. The number of aromatic nitrogens is 2. The summed E-state index contributed by atoms with van der Waals surface area (Å²) in [6.07, 6.45) is 3.38. The smallest absolute Gasteiger partial charge is 0.410 e. The van der Waals surface area contributed by atoms with Gasteiger partial charge in [-0.05, 0) is 44.5 Å². The van der Waals surface area contributed by atoms with Gasteiger partial charge < -0.3 is 20.3 Å². The monoisotopic (exact) mass is 512 g/mol. The number of rotatable bonds is 3. The summed E-state index contributed by atoms with van der Waals surface area (Å²) in [5.41, 5.74) is 7.75. The Bertz CT molecular complexity index is 806. The molecule has 158 valence electrons. The molecule has 1 fully saturated rings. The molecule has 2 N–H and O–H groups in total. The lowest BCUT2D eigenvalue weighted by molar-refractivity contribution is 0.0186. The first-order valence-electron chi connectivity index (χ1n) is 9.43. The fourth-order valence-electron chi connectivity index (χ4n) is 2.89. The third-order valence-electron chi connectivity index (χ3n) is 4.38. The van der Waals surface area contributed by atoms with Gasteiger partial charge in [0.2, 0.25) is 0 Å². The number of piperazine rings is 1. The highest BCUT2D eigenvalue weighted by Gasteiger charge is 2.26. The summed E-state index contributed by atoms with van der Waals surface area (Å²) in [4.78, 5) is 20.3. The molecule has 0 radical (unpaired) electrons. The standard InChI is InChI=1S/C20H28N6O2.HI/c1-20(2,3)28-19(27)25-13-11-24(12-14-25)18(21)22-15-16-5-7-17(8-6-16)26-10-4-9-23-26;/h4-10H,11-15H2,1-3H3,(H2,21,22);1H. The maximum atomic E-state index is 12.1. The van der Waals surface area contributed by atoms with E-state index in [1.165, 1.54) is 0 Å². The van der Waals surface area contributed by atoms with E-state index in [1.807, 2.05) is 66.9 Å². The van der Waals surface area contributed by atoms with Gasteiger partial charge in [0.15, 0.2) is 5.96 Å². The molecule has 0 bridgehead atoms. The van der Waals surface area contributed by atoms with Crippen LogP contribution < -0.4 is 5.73 Å². The average Bonchev–Trinajstić information content (AvgIpc) is 3.20. The zero-order chi connectivity index (χ0) is 20.1. The number of hydrogen-bond acceptors (Lipinski definition) is 4. The van der Waals surface area contributed by atoms with Crippen LogP contribution in [0.2, 0.25) is 0 Å². The summed E-state index contributed by atoms with van der Waals surface area (Å²) in [7, 11) is 0. The third kappa shape index (κ3) is 6.62. The molecule has 3 rings (SSSR count). The van der Waals surface area contributed by atoms with E-state index in [9.17, 15) is 4.79 Å². The normalized spacial score (nSPS) is 15.1. The Morgan fingerprint density at radius 1 is 1.14 bits per heavy atom. The van der Waals surface area contributed by atoms with Crippen LogP contribution in [0.3, 0.4) is 0 Å². The van der Waals surface area contributed by atoms with Crippen LogP contribution in [0.5, 0.6) is 0 Å². The largest absolute Gasteiger partial charge is 0.444 e. The maximum Gasteiger partial charge on any atom is 0.410 e. The second-order valence-corrected chi connectivity index (χ2v) is 7.75. The summed E-state index contributed by atoms with van der Waals surface area (Å²) in [5.74, 6) is 0.500. The van der Waals surface area contributed by atoms with Crippen LogP contribution in [0.4, 0.5) is 4.79 Å². The minimum absolute atomic E-state index is 0. The number of halogens is 1. The van der Waals surface area contributed by atoms with E-state index in [1.54, 1.807) is 11.1 Å². The Kier molecular flexibility index (Phi) is 7.88. The number of carbonyl (C=O) groups excluding carboxylic acids is 1. The van der Waals surface area contributed by atoms with Crippen LogP contribution >= 0.6 is 24.0 Å². The number of nitrogens with two attached hydrogens (primary N) is 1. The lowest BCUT2D eigenvalue weighted by Gasteiger charge is -2.36. The van der Waals surface area contributed by atoms with Crippen molar-refractivity contribution in [3.63, 3.8) is 0 Å². The van der Waals surface area contributed by atoms with Crippen LogP contribution in [-0.4, -0.2) is 63.4 Å². The number of ether oxygens (including phenoxy) is 1. The Balaban J connectivity index is 0.00000300. The number of benzene rings is 1. The molecule has 1 aromatic heterocycles. The highest BCUT2D eigenvalue weighted by molar-refractivity contribution is 14.0. The van der Waals surface area contributed by atoms with Gasteiger partial charge in [-0.15, -0.1) is 24.0 Å². The van der Waals surface area contributed by atoms with Gasteiger partial charge in [0.1, 0.15) is 5.60 Å². The molecular formula is C20H29IN6O2. The fraction of sp³-hybridized carbons (Fsp3) is 0.450. The van der Waals surface area contributed by atoms with E-state index in [-0.39, 0.29) is 30.1 Å². The van der Waals surface area contributed by atoms with E-state index >= 15 is 0 Å². The van der Waals surface area contributed by atoms with Crippen LogP contribution in [0, 0.1) is 0 Å². The highest BCUT2D eigenvalue weighted by atomic mass is 127. The van der Waals surface area contributed by atoms with E-state index < -0.39 is 5.60 Å². The van der Waals surface area contributed by atoms with Gasteiger partial charge in [-0.2, -0.15) is 5.10 Å². The van der Waals surface area contributed by atoms with E-state index in [2.05, 4.69) is 10.1 Å². The molecule has 1 aliphatic rings. The molecule has 9 heteroatoms. The van der Waals surface area contributed by atoms with Gasteiger partial charge in [0.25, 0.3) is 0 Å². The van der Waals surface area contributed by atoms with Crippen molar-refractivity contribution in [1.82, 2.24) is 19.6 Å². The Morgan fingerprint density at radius 2 is 1.76 bits per heavy atom. The van der Waals surface area contributed by atoms with Crippen molar-refractivity contribution in [2.24, 2.45) is 10.7 Å². The summed E-state index contributed by atoms with van der Waals surface area (Å²) >= 11 is 0. The van der Waals surface area contributed by atoms with Gasteiger partial charge >= 0.3 is 6.09 Å². The van der Waals surface area contributed by atoms with Gasteiger partial charge in [-0.25, -0.2) is 14.5 Å². The van der Waals surface area contributed by atoms with E-state index in [4.69, 9.17) is 10.5 Å². The maximum absolute atomic E-state index is 12.1. The molecule has 1 aromatic carbocycles. The molecule has 29 heavy (non-hydrogen) atoms. The van der Waals surface area contributed by atoms with Gasteiger partial charge in [-0.1, -0.05) is 12.1 Å². The first-order chi connectivity index (χ1) is 13.3. The van der Waals surface area contributed by atoms with Gasteiger partial charge in [0.05, 0.1) is 12.2 Å².